The van der Waals surface area contributed by atoms with E-state index < -0.39 is 11.4 Å². The Morgan fingerprint density at radius 1 is 1.20 bits per heavy atom. The van der Waals surface area contributed by atoms with Gasteiger partial charge in [-0.3, -0.25) is 9.59 Å². The van der Waals surface area contributed by atoms with Gasteiger partial charge in [0.15, 0.2) is 11.5 Å². The molecule has 2 aliphatic rings. The topological polar surface area (TPSA) is 84.9 Å². The summed E-state index contributed by atoms with van der Waals surface area (Å²) in [5.41, 5.74) is -0.124. The summed E-state index contributed by atoms with van der Waals surface area (Å²) in [5.74, 6) is 0.401. The van der Waals surface area contributed by atoms with Crippen molar-refractivity contribution in [3.63, 3.8) is 0 Å². The molecular formula is C19H25NO5. The molecule has 1 aliphatic heterocycles. The molecule has 3 rings (SSSR count). The van der Waals surface area contributed by atoms with Crippen LogP contribution < -0.4 is 14.8 Å². The Kier molecular flexibility index (Phi) is 4.62. The molecule has 1 amide bonds. The van der Waals surface area contributed by atoms with Crippen molar-refractivity contribution in [1.29, 1.82) is 0 Å². The Balaban J connectivity index is 1.61. The van der Waals surface area contributed by atoms with Gasteiger partial charge >= 0.3 is 5.97 Å². The Morgan fingerprint density at radius 2 is 1.88 bits per heavy atom. The molecule has 1 aromatic carbocycles. The maximum Gasteiger partial charge on any atom is 0.310 e. The van der Waals surface area contributed by atoms with E-state index in [4.69, 9.17) is 9.47 Å². The normalized spacial score (nSPS) is 18.2. The summed E-state index contributed by atoms with van der Waals surface area (Å²) in [7, 11) is 0. The second-order valence-corrected chi connectivity index (χ2v) is 7.63. The maximum absolute atomic E-state index is 12.2. The zero-order chi connectivity index (χ0) is 18.1. The SMILES string of the molecule is CC(C)(CNC(=O)CC1(C(=O)O)CCC1)c1ccc2c(c1)OCCO2. The van der Waals surface area contributed by atoms with Crippen molar-refractivity contribution >= 4 is 11.9 Å². The van der Waals surface area contributed by atoms with Gasteiger partial charge in [-0.1, -0.05) is 26.3 Å². The first-order valence-corrected chi connectivity index (χ1v) is 8.73. The monoisotopic (exact) mass is 347 g/mol. The zero-order valence-electron chi connectivity index (χ0n) is 14.8. The van der Waals surface area contributed by atoms with Crippen molar-refractivity contribution in [3.05, 3.63) is 23.8 Å². The molecule has 1 saturated carbocycles. The fourth-order valence-electron chi connectivity index (χ4n) is 3.33. The minimum absolute atomic E-state index is 0.0551. The van der Waals surface area contributed by atoms with Crippen molar-refractivity contribution in [2.45, 2.75) is 44.9 Å². The molecule has 6 heteroatoms. The molecule has 25 heavy (non-hydrogen) atoms. The molecule has 136 valence electrons. The third-order valence-electron chi connectivity index (χ3n) is 5.31. The van der Waals surface area contributed by atoms with Crippen molar-refractivity contribution in [2.75, 3.05) is 19.8 Å². The van der Waals surface area contributed by atoms with Gasteiger partial charge in [0, 0.05) is 18.4 Å². The van der Waals surface area contributed by atoms with E-state index in [9.17, 15) is 14.7 Å². The van der Waals surface area contributed by atoms with Crippen LogP contribution in [0.5, 0.6) is 11.5 Å². The van der Waals surface area contributed by atoms with Crippen molar-refractivity contribution in [1.82, 2.24) is 5.32 Å². The standard InChI is InChI=1S/C19H25NO5/c1-18(2,13-4-5-14-15(10-13)25-9-8-24-14)12-20-16(21)11-19(17(22)23)6-3-7-19/h4-5,10H,3,6-9,11-12H2,1-2H3,(H,20,21)(H,22,23). The predicted molar refractivity (Wildman–Crippen MR) is 92.0 cm³/mol. The van der Waals surface area contributed by atoms with Crippen LogP contribution in [0.15, 0.2) is 18.2 Å². The first kappa shape index (κ1) is 17.6. The molecule has 6 nitrogen and oxygen atoms in total. The van der Waals surface area contributed by atoms with E-state index in [1.165, 1.54) is 0 Å². The molecule has 0 unspecified atom stereocenters. The van der Waals surface area contributed by atoms with Crippen molar-refractivity contribution < 1.29 is 24.2 Å². The van der Waals surface area contributed by atoms with Crippen LogP contribution in [0.2, 0.25) is 0 Å². The van der Waals surface area contributed by atoms with E-state index in [0.717, 1.165) is 23.5 Å². The lowest BCUT2D eigenvalue weighted by atomic mass is 9.66. The predicted octanol–water partition coefficient (Wildman–Crippen LogP) is 2.50. The number of carboxylic acids is 1. The highest BCUT2D eigenvalue weighted by atomic mass is 16.6. The van der Waals surface area contributed by atoms with Crippen LogP contribution in [0.3, 0.4) is 0 Å². The average Bonchev–Trinajstić information content (AvgIpc) is 2.55. The number of ether oxygens (including phenoxy) is 2. The number of carbonyl (C=O) groups excluding carboxylic acids is 1. The molecule has 1 aromatic rings. The number of nitrogens with one attached hydrogen (secondary N) is 1. The maximum atomic E-state index is 12.2. The molecule has 1 aliphatic carbocycles. The number of benzene rings is 1. The van der Waals surface area contributed by atoms with Crippen LogP contribution >= 0.6 is 0 Å². The van der Waals surface area contributed by atoms with E-state index in [0.29, 0.717) is 32.6 Å². The second kappa shape index (κ2) is 6.58. The van der Waals surface area contributed by atoms with Crippen molar-refractivity contribution in [2.24, 2.45) is 5.41 Å². The molecule has 0 saturated heterocycles. The van der Waals surface area contributed by atoms with Gasteiger partial charge < -0.3 is 19.9 Å². The van der Waals surface area contributed by atoms with E-state index in [2.05, 4.69) is 5.32 Å². The quantitative estimate of drug-likeness (QED) is 0.826. The fraction of sp³-hybridized carbons (Fsp3) is 0.579. The summed E-state index contributed by atoms with van der Waals surface area (Å²) in [5, 5.41) is 12.3. The minimum Gasteiger partial charge on any atom is -0.486 e. The molecule has 0 aromatic heterocycles. The van der Waals surface area contributed by atoms with Crippen LogP contribution in [0.1, 0.15) is 45.1 Å². The molecular weight excluding hydrogens is 322 g/mol. The van der Waals surface area contributed by atoms with Gasteiger partial charge in [-0.25, -0.2) is 0 Å². The van der Waals surface area contributed by atoms with Crippen LogP contribution in [-0.4, -0.2) is 36.7 Å². The first-order valence-electron chi connectivity index (χ1n) is 8.73. The van der Waals surface area contributed by atoms with Crippen LogP contribution in [0.4, 0.5) is 0 Å². The third-order valence-corrected chi connectivity index (χ3v) is 5.31. The van der Waals surface area contributed by atoms with Gasteiger partial charge in [0.25, 0.3) is 0 Å². The molecule has 0 bridgehead atoms. The Morgan fingerprint density at radius 3 is 2.48 bits per heavy atom. The van der Waals surface area contributed by atoms with Gasteiger partial charge in [0.05, 0.1) is 5.41 Å². The lowest BCUT2D eigenvalue weighted by Gasteiger charge is -2.37. The molecule has 0 atom stereocenters. The number of rotatable bonds is 6. The molecule has 0 radical (unpaired) electrons. The van der Waals surface area contributed by atoms with E-state index in [1.54, 1.807) is 0 Å². The summed E-state index contributed by atoms with van der Waals surface area (Å²) >= 11 is 0. The fourth-order valence-corrected chi connectivity index (χ4v) is 3.33. The number of fused-ring (bicyclic) bond motifs is 1. The van der Waals surface area contributed by atoms with Gasteiger partial charge in [-0.2, -0.15) is 0 Å². The Labute approximate surface area is 147 Å². The third kappa shape index (κ3) is 3.57. The summed E-state index contributed by atoms with van der Waals surface area (Å²) in [6.07, 6.45) is 2.10. The number of aliphatic carboxylic acids is 1. The Hall–Kier alpha value is -2.24. The number of hydrogen-bond donors (Lipinski definition) is 2. The highest BCUT2D eigenvalue weighted by Crippen LogP contribution is 2.44. The van der Waals surface area contributed by atoms with Crippen LogP contribution in [0.25, 0.3) is 0 Å². The Bertz CT molecular complexity index is 678. The summed E-state index contributed by atoms with van der Waals surface area (Å²) in [6.45, 7) is 5.59. The van der Waals surface area contributed by atoms with Gasteiger partial charge in [-0.05, 0) is 30.5 Å². The van der Waals surface area contributed by atoms with Gasteiger partial charge in [0.2, 0.25) is 5.91 Å². The number of hydrogen-bond acceptors (Lipinski definition) is 4. The summed E-state index contributed by atoms with van der Waals surface area (Å²) in [6, 6.07) is 5.82. The number of carboxylic acid groups (broad SMARTS) is 1. The lowest BCUT2D eigenvalue weighted by molar-refractivity contribution is -0.157. The lowest BCUT2D eigenvalue weighted by Crippen LogP contribution is -2.44. The molecule has 1 fully saturated rings. The van der Waals surface area contributed by atoms with E-state index >= 15 is 0 Å². The van der Waals surface area contributed by atoms with Crippen molar-refractivity contribution in [3.8, 4) is 11.5 Å². The summed E-state index contributed by atoms with van der Waals surface area (Å²) in [4.78, 5) is 23.6. The van der Waals surface area contributed by atoms with Crippen LogP contribution in [0, 0.1) is 5.41 Å². The minimum atomic E-state index is -0.861. The highest BCUT2D eigenvalue weighted by Gasteiger charge is 2.46. The molecule has 1 heterocycles. The number of carbonyl (C=O) groups is 2. The summed E-state index contributed by atoms with van der Waals surface area (Å²) < 4.78 is 11.2. The molecule has 0 spiro atoms. The average molecular weight is 347 g/mol. The smallest absolute Gasteiger partial charge is 0.310 e. The van der Waals surface area contributed by atoms with Gasteiger partial charge in [0.1, 0.15) is 13.2 Å². The highest BCUT2D eigenvalue weighted by molar-refractivity contribution is 5.85. The van der Waals surface area contributed by atoms with Gasteiger partial charge in [-0.15, -0.1) is 0 Å². The number of amides is 1. The van der Waals surface area contributed by atoms with E-state index in [1.807, 2.05) is 32.0 Å². The van der Waals surface area contributed by atoms with E-state index in [-0.39, 0.29) is 17.7 Å². The second-order valence-electron chi connectivity index (χ2n) is 7.63. The van der Waals surface area contributed by atoms with Crippen LogP contribution in [-0.2, 0) is 15.0 Å². The zero-order valence-corrected chi connectivity index (χ0v) is 14.8. The largest absolute Gasteiger partial charge is 0.486 e. The molecule has 2 N–H and O–H groups in total. The first-order chi connectivity index (χ1) is 11.8.